The number of hydrogen-bond donors (Lipinski definition) is 2. The predicted octanol–water partition coefficient (Wildman–Crippen LogP) is 1.00. The molecule has 4 heteroatoms. The minimum Gasteiger partial charge on any atom is -0.493 e. The first-order valence-electron chi connectivity index (χ1n) is 5.21. The van der Waals surface area contributed by atoms with Crippen LogP contribution in [0.3, 0.4) is 0 Å². The van der Waals surface area contributed by atoms with Gasteiger partial charge in [0.1, 0.15) is 5.75 Å². The summed E-state index contributed by atoms with van der Waals surface area (Å²) in [5, 5.41) is 11.7. The van der Waals surface area contributed by atoms with Gasteiger partial charge in [-0.3, -0.25) is 4.79 Å². The van der Waals surface area contributed by atoms with Crippen LogP contribution in [-0.4, -0.2) is 24.7 Å². The highest BCUT2D eigenvalue weighted by Gasteiger charge is 2.04. The lowest BCUT2D eigenvalue weighted by Gasteiger charge is -2.10. The zero-order valence-electron chi connectivity index (χ0n) is 9.62. The second-order valence-electron chi connectivity index (χ2n) is 3.54. The Morgan fingerprint density at radius 2 is 2.25 bits per heavy atom. The SMILES string of the molecule is CNC(=O)CCOc1ccc(C)cc1CO. The van der Waals surface area contributed by atoms with E-state index >= 15 is 0 Å². The normalized spacial score (nSPS) is 9.94. The number of carbonyl (C=O) groups is 1. The molecule has 1 aromatic rings. The molecule has 88 valence electrons. The van der Waals surface area contributed by atoms with Crippen LogP contribution in [0, 0.1) is 6.92 Å². The van der Waals surface area contributed by atoms with Gasteiger partial charge in [0.15, 0.2) is 0 Å². The topological polar surface area (TPSA) is 58.6 Å². The van der Waals surface area contributed by atoms with Crippen LogP contribution in [0.1, 0.15) is 17.5 Å². The van der Waals surface area contributed by atoms with Crippen LogP contribution in [0.2, 0.25) is 0 Å². The molecule has 0 radical (unpaired) electrons. The average molecular weight is 223 g/mol. The molecule has 0 saturated heterocycles. The molecular formula is C12H17NO3. The molecule has 1 aromatic carbocycles. The van der Waals surface area contributed by atoms with Crippen molar-refractivity contribution in [2.45, 2.75) is 20.0 Å². The zero-order chi connectivity index (χ0) is 12.0. The van der Waals surface area contributed by atoms with Crippen LogP contribution < -0.4 is 10.1 Å². The molecule has 0 heterocycles. The van der Waals surface area contributed by atoms with Crippen LogP contribution in [0.25, 0.3) is 0 Å². The molecule has 0 fully saturated rings. The first-order chi connectivity index (χ1) is 7.67. The Balaban J connectivity index is 2.56. The minimum absolute atomic E-state index is 0.0577. The van der Waals surface area contributed by atoms with Crippen molar-refractivity contribution >= 4 is 5.91 Å². The highest BCUT2D eigenvalue weighted by Crippen LogP contribution is 2.20. The van der Waals surface area contributed by atoms with E-state index in [1.807, 2.05) is 25.1 Å². The summed E-state index contributed by atoms with van der Waals surface area (Å²) >= 11 is 0. The number of benzene rings is 1. The Labute approximate surface area is 95.2 Å². The Morgan fingerprint density at radius 3 is 2.88 bits per heavy atom. The van der Waals surface area contributed by atoms with E-state index in [-0.39, 0.29) is 12.5 Å². The third-order valence-corrected chi connectivity index (χ3v) is 2.25. The summed E-state index contributed by atoms with van der Waals surface area (Å²) in [4.78, 5) is 11.0. The van der Waals surface area contributed by atoms with Crippen LogP contribution in [0.5, 0.6) is 5.75 Å². The summed E-state index contributed by atoms with van der Waals surface area (Å²) in [7, 11) is 1.59. The largest absolute Gasteiger partial charge is 0.493 e. The molecule has 2 N–H and O–H groups in total. The Morgan fingerprint density at radius 1 is 1.50 bits per heavy atom. The lowest BCUT2D eigenvalue weighted by Crippen LogP contribution is -2.20. The highest BCUT2D eigenvalue weighted by molar-refractivity contribution is 5.75. The molecule has 0 aliphatic rings. The van der Waals surface area contributed by atoms with E-state index < -0.39 is 0 Å². The third-order valence-electron chi connectivity index (χ3n) is 2.25. The van der Waals surface area contributed by atoms with Crippen LogP contribution >= 0.6 is 0 Å². The summed E-state index contributed by atoms with van der Waals surface area (Å²) in [6, 6.07) is 5.59. The summed E-state index contributed by atoms with van der Waals surface area (Å²) in [5.41, 5.74) is 1.82. The molecular weight excluding hydrogens is 206 g/mol. The number of aryl methyl sites for hydroxylation is 1. The molecule has 16 heavy (non-hydrogen) atoms. The van der Waals surface area contributed by atoms with Crippen molar-refractivity contribution in [3.63, 3.8) is 0 Å². The minimum atomic E-state index is -0.0585. The molecule has 0 aliphatic carbocycles. The van der Waals surface area contributed by atoms with Crippen LogP contribution in [0.15, 0.2) is 18.2 Å². The third kappa shape index (κ3) is 3.55. The van der Waals surface area contributed by atoms with Gasteiger partial charge >= 0.3 is 0 Å². The van der Waals surface area contributed by atoms with Crippen molar-refractivity contribution in [2.75, 3.05) is 13.7 Å². The summed E-state index contributed by atoms with van der Waals surface area (Å²) < 4.78 is 5.43. The van der Waals surface area contributed by atoms with Gasteiger partial charge in [-0.05, 0) is 13.0 Å². The van der Waals surface area contributed by atoms with E-state index in [2.05, 4.69) is 5.32 Å². The number of nitrogens with one attached hydrogen (secondary N) is 1. The van der Waals surface area contributed by atoms with Gasteiger partial charge in [-0.15, -0.1) is 0 Å². The fourth-order valence-corrected chi connectivity index (χ4v) is 1.35. The molecule has 1 amide bonds. The first-order valence-corrected chi connectivity index (χ1v) is 5.21. The van der Waals surface area contributed by atoms with E-state index in [9.17, 15) is 4.79 Å². The van der Waals surface area contributed by atoms with E-state index in [4.69, 9.17) is 9.84 Å². The van der Waals surface area contributed by atoms with E-state index in [1.54, 1.807) is 7.05 Å². The van der Waals surface area contributed by atoms with Gasteiger partial charge in [0.05, 0.1) is 19.6 Å². The molecule has 0 spiro atoms. The Bertz CT molecular complexity index is 363. The summed E-state index contributed by atoms with van der Waals surface area (Å²) in [5.74, 6) is 0.578. The lowest BCUT2D eigenvalue weighted by atomic mass is 10.1. The number of carbonyl (C=O) groups excluding carboxylic acids is 1. The molecule has 0 aromatic heterocycles. The zero-order valence-corrected chi connectivity index (χ0v) is 9.62. The maximum Gasteiger partial charge on any atom is 0.223 e. The quantitative estimate of drug-likeness (QED) is 0.783. The maximum atomic E-state index is 11.0. The Hall–Kier alpha value is -1.55. The number of amides is 1. The van der Waals surface area contributed by atoms with Gasteiger partial charge in [-0.25, -0.2) is 0 Å². The second-order valence-corrected chi connectivity index (χ2v) is 3.54. The van der Waals surface area contributed by atoms with Gasteiger partial charge in [0.25, 0.3) is 0 Å². The number of aliphatic hydroxyl groups is 1. The first kappa shape index (κ1) is 12.5. The molecule has 0 unspecified atom stereocenters. The maximum absolute atomic E-state index is 11.0. The summed E-state index contributed by atoms with van der Waals surface area (Å²) in [6.07, 6.45) is 0.315. The van der Waals surface area contributed by atoms with Crippen molar-refractivity contribution in [2.24, 2.45) is 0 Å². The van der Waals surface area contributed by atoms with Crippen molar-refractivity contribution in [3.05, 3.63) is 29.3 Å². The van der Waals surface area contributed by atoms with E-state index in [0.717, 1.165) is 11.1 Å². The monoisotopic (exact) mass is 223 g/mol. The summed E-state index contributed by atoms with van der Waals surface area (Å²) in [6.45, 7) is 2.21. The average Bonchev–Trinajstić information content (AvgIpc) is 2.30. The fraction of sp³-hybridized carbons (Fsp3) is 0.417. The number of aliphatic hydroxyl groups excluding tert-OH is 1. The molecule has 0 atom stereocenters. The number of ether oxygens (including phenoxy) is 1. The fourth-order valence-electron chi connectivity index (χ4n) is 1.35. The number of hydrogen-bond acceptors (Lipinski definition) is 3. The lowest BCUT2D eigenvalue weighted by molar-refractivity contribution is -0.121. The van der Waals surface area contributed by atoms with E-state index in [0.29, 0.717) is 18.8 Å². The second kappa shape index (κ2) is 6.12. The molecule has 1 rings (SSSR count). The molecule has 0 saturated carbocycles. The highest BCUT2D eigenvalue weighted by atomic mass is 16.5. The van der Waals surface area contributed by atoms with Gasteiger partial charge in [0.2, 0.25) is 5.91 Å². The van der Waals surface area contributed by atoms with Gasteiger partial charge in [-0.1, -0.05) is 17.7 Å². The van der Waals surface area contributed by atoms with Crippen molar-refractivity contribution in [1.29, 1.82) is 0 Å². The van der Waals surface area contributed by atoms with Crippen molar-refractivity contribution < 1.29 is 14.6 Å². The van der Waals surface area contributed by atoms with Crippen LogP contribution in [-0.2, 0) is 11.4 Å². The van der Waals surface area contributed by atoms with Crippen molar-refractivity contribution in [1.82, 2.24) is 5.32 Å². The van der Waals surface area contributed by atoms with Gasteiger partial charge < -0.3 is 15.2 Å². The van der Waals surface area contributed by atoms with Gasteiger partial charge in [0, 0.05) is 12.6 Å². The smallest absolute Gasteiger partial charge is 0.223 e. The van der Waals surface area contributed by atoms with E-state index in [1.165, 1.54) is 0 Å². The number of rotatable bonds is 5. The molecule has 0 bridgehead atoms. The predicted molar refractivity (Wildman–Crippen MR) is 61.3 cm³/mol. The van der Waals surface area contributed by atoms with Crippen molar-refractivity contribution in [3.8, 4) is 5.75 Å². The van der Waals surface area contributed by atoms with Crippen LogP contribution in [0.4, 0.5) is 0 Å². The Kier molecular flexibility index (Phi) is 4.79. The molecule has 0 aliphatic heterocycles. The standard InChI is InChI=1S/C12H17NO3/c1-9-3-4-11(10(7-9)8-14)16-6-5-12(15)13-2/h3-4,7,14H,5-6,8H2,1-2H3,(H,13,15). The molecule has 4 nitrogen and oxygen atoms in total. The van der Waals surface area contributed by atoms with Gasteiger partial charge in [-0.2, -0.15) is 0 Å².